The zero-order valence-corrected chi connectivity index (χ0v) is 14.3. The molecule has 0 saturated carbocycles. The van der Waals surface area contributed by atoms with E-state index in [9.17, 15) is 10.2 Å². The molecule has 3 atom stereocenters. The molecule has 0 aromatic carbocycles. The van der Waals surface area contributed by atoms with Gasteiger partial charge in [-0.25, -0.2) is 0 Å². The summed E-state index contributed by atoms with van der Waals surface area (Å²) >= 11 is 0. The Hall–Kier alpha value is 0.0569. The standard InChI is InChI=1S/C14H32O4Si/c1-11(2)13(15)9-14(16)12(3)18-10-17-7-8-19(4,5)6/h11-16H,7-10H2,1-6H3/t12-,13+,14+/m1/s1. The fourth-order valence-corrected chi connectivity index (χ4v) is 2.17. The summed E-state index contributed by atoms with van der Waals surface area (Å²) in [4.78, 5) is 0. The first-order chi connectivity index (χ1) is 8.63. The molecule has 0 radical (unpaired) electrons. The first kappa shape index (κ1) is 19.1. The minimum atomic E-state index is -1.05. The van der Waals surface area contributed by atoms with Crippen LogP contribution < -0.4 is 0 Å². The monoisotopic (exact) mass is 292 g/mol. The summed E-state index contributed by atoms with van der Waals surface area (Å²) < 4.78 is 10.9. The van der Waals surface area contributed by atoms with E-state index in [1.54, 1.807) is 6.92 Å². The molecule has 0 heterocycles. The van der Waals surface area contributed by atoms with Gasteiger partial charge in [0.05, 0.1) is 18.3 Å². The van der Waals surface area contributed by atoms with Gasteiger partial charge in [-0.15, -0.1) is 0 Å². The van der Waals surface area contributed by atoms with E-state index < -0.39 is 20.3 Å². The fourth-order valence-electron chi connectivity index (χ4n) is 1.42. The van der Waals surface area contributed by atoms with Crippen LogP contribution in [-0.4, -0.2) is 50.0 Å². The van der Waals surface area contributed by atoms with Gasteiger partial charge in [0.15, 0.2) is 0 Å². The SMILES string of the molecule is CC(C)[C@@H](O)C[C@H](O)[C@@H](C)OCOCC[Si](C)(C)C. The Balaban J connectivity index is 3.71. The molecule has 5 heteroatoms. The van der Waals surface area contributed by atoms with Crippen LogP contribution in [0, 0.1) is 5.92 Å². The highest BCUT2D eigenvalue weighted by molar-refractivity contribution is 6.76. The predicted molar refractivity (Wildman–Crippen MR) is 81.0 cm³/mol. The fraction of sp³-hybridized carbons (Fsp3) is 1.00. The van der Waals surface area contributed by atoms with E-state index >= 15 is 0 Å². The van der Waals surface area contributed by atoms with Gasteiger partial charge in [-0.3, -0.25) is 0 Å². The highest BCUT2D eigenvalue weighted by Crippen LogP contribution is 2.13. The van der Waals surface area contributed by atoms with E-state index in [1.807, 2.05) is 13.8 Å². The number of ether oxygens (including phenoxy) is 2. The molecule has 116 valence electrons. The topological polar surface area (TPSA) is 58.9 Å². The zero-order valence-electron chi connectivity index (χ0n) is 13.3. The predicted octanol–water partition coefficient (Wildman–Crippen LogP) is 2.47. The number of hydrogen-bond acceptors (Lipinski definition) is 4. The zero-order chi connectivity index (χ0) is 15.1. The Morgan fingerprint density at radius 3 is 2.05 bits per heavy atom. The number of rotatable bonds is 10. The van der Waals surface area contributed by atoms with Gasteiger partial charge in [0.2, 0.25) is 0 Å². The lowest BCUT2D eigenvalue weighted by Crippen LogP contribution is -2.32. The molecular formula is C14H32O4Si. The summed E-state index contributed by atoms with van der Waals surface area (Å²) in [6, 6.07) is 1.11. The molecule has 19 heavy (non-hydrogen) atoms. The average molecular weight is 292 g/mol. The Morgan fingerprint density at radius 1 is 1.00 bits per heavy atom. The summed E-state index contributed by atoms with van der Waals surface area (Å²) in [5, 5.41) is 19.6. The maximum absolute atomic E-state index is 9.89. The van der Waals surface area contributed by atoms with Crippen molar-refractivity contribution in [1.29, 1.82) is 0 Å². The van der Waals surface area contributed by atoms with Gasteiger partial charge in [-0.1, -0.05) is 33.5 Å². The van der Waals surface area contributed by atoms with Crippen molar-refractivity contribution < 1.29 is 19.7 Å². The maximum Gasteiger partial charge on any atom is 0.147 e. The second-order valence-electron chi connectivity index (χ2n) is 6.82. The van der Waals surface area contributed by atoms with Crippen molar-refractivity contribution >= 4 is 8.07 Å². The molecule has 0 rings (SSSR count). The normalized spacial score (nSPS) is 17.5. The van der Waals surface area contributed by atoms with E-state index in [4.69, 9.17) is 9.47 Å². The van der Waals surface area contributed by atoms with Crippen LogP contribution in [-0.2, 0) is 9.47 Å². The van der Waals surface area contributed by atoms with Crippen LogP contribution in [0.5, 0.6) is 0 Å². The first-order valence-electron chi connectivity index (χ1n) is 7.19. The number of hydrogen-bond donors (Lipinski definition) is 2. The van der Waals surface area contributed by atoms with E-state index in [0.717, 1.165) is 6.04 Å². The second-order valence-corrected chi connectivity index (χ2v) is 12.4. The van der Waals surface area contributed by atoms with Crippen LogP contribution in [0.15, 0.2) is 0 Å². The van der Waals surface area contributed by atoms with Crippen LogP contribution in [0.4, 0.5) is 0 Å². The van der Waals surface area contributed by atoms with Crippen molar-refractivity contribution in [2.24, 2.45) is 5.92 Å². The lowest BCUT2D eigenvalue weighted by Gasteiger charge is -2.23. The quantitative estimate of drug-likeness (QED) is 0.369. The van der Waals surface area contributed by atoms with Crippen molar-refractivity contribution in [2.75, 3.05) is 13.4 Å². The van der Waals surface area contributed by atoms with Crippen LogP contribution in [0.1, 0.15) is 27.2 Å². The van der Waals surface area contributed by atoms with Crippen LogP contribution in [0.2, 0.25) is 25.7 Å². The molecule has 0 bridgehead atoms. The lowest BCUT2D eigenvalue weighted by atomic mass is 9.99. The molecule has 0 saturated heterocycles. The van der Waals surface area contributed by atoms with Crippen molar-refractivity contribution in [3.8, 4) is 0 Å². The molecular weight excluding hydrogens is 260 g/mol. The van der Waals surface area contributed by atoms with E-state index in [2.05, 4.69) is 19.6 Å². The van der Waals surface area contributed by atoms with E-state index in [-0.39, 0.29) is 18.8 Å². The first-order valence-corrected chi connectivity index (χ1v) is 10.9. The second kappa shape index (κ2) is 9.08. The summed E-state index contributed by atoms with van der Waals surface area (Å²) in [7, 11) is -1.05. The van der Waals surface area contributed by atoms with Gasteiger partial charge < -0.3 is 19.7 Å². The van der Waals surface area contributed by atoms with Crippen LogP contribution in [0.3, 0.4) is 0 Å². The Labute approximate surface area is 119 Å². The summed E-state index contributed by atoms with van der Waals surface area (Å²) in [5.74, 6) is 0.148. The van der Waals surface area contributed by atoms with Gasteiger partial charge in [0, 0.05) is 21.1 Å². The smallest absolute Gasteiger partial charge is 0.147 e. The highest BCUT2D eigenvalue weighted by Gasteiger charge is 2.21. The molecule has 0 aliphatic rings. The minimum absolute atomic E-state index is 0.148. The van der Waals surface area contributed by atoms with Gasteiger partial charge in [0.1, 0.15) is 6.79 Å². The van der Waals surface area contributed by atoms with Crippen molar-refractivity contribution in [3.05, 3.63) is 0 Å². The van der Waals surface area contributed by atoms with Crippen molar-refractivity contribution in [3.63, 3.8) is 0 Å². The van der Waals surface area contributed by atoms with Gasteiger partial charge in [-0.05, 0) is 18.9 Å². The molecule has 0 aliphatic carbocycles. The van der Waals surface area contributed by atoms with Crippen molar-refractivity contribution in [2.45, 2.75) is 71.2 Å². The summed E-state index contributed by atoms with van der Waals surface area (Å²) in [6.45, 7) is 13.5. The minimum Gasteiger partial charge on any atom is -0.393 e. The van der Waals surface area contributed by atoms with Gasteiger partial charge in [-0.2, -0.15) is 0 Å². The molecule has 0 aromatic rings. The molecule has 0 unspecified atom stereocenters. The maximum atomic E-state index is 9.89. The molecule has 0 spiro atoms. The largest absolute Gasteiger partial charge is 0.393 e. The summed E-state index contributed by atoms with van der Waals surface area (Å²) in [5.41, 5.74) is 0. The third-order valence-electron chi connectivity index (χ3n) is 3.21. The van der Waals surface area contributed by atoms with Crippen molar-refractivity contribution in [1.82, 2.24) is 0 Å². The molecule has 0 aliphatic heterocycles. The Morgan fingerprint density at radius 2 is 1.58 bits per heavy atom. The highest BCUT2D eigenvalue weighted by atomic mass is 28.3. The average Bonchev–Trinajstić information content (AvgIpc) is 2.26. The van der Waals surface area contributed by atoms with E-state index in [1.165, 1.54) is 0 Å². The van der Waals surface area contributed by atoms with Gasteiger partial charge >= 0.3 is 0 Å². The van der Waals surface area contributed by atoms with Gasteiger partial charge in [0.25, 0.3) is 0 Å². The third-order valence-corrected chi connectivity index (χ3v) is 4.91. The molecule has 0 fully saturated rings. The molecule has 2 N–H and O–H groups in total. The van der Waals surface area contributed by atoms with E-state index in [0.29, 0.717) is 13.0 Å². The summed E-state index contributed by atoms with van der Waals surface area (Å²) in [6.07, 6.45) is -1.12. The number of aliphatic hydroxyl groups is 2. The molecule has 4 nitrogen and oxygen atoms in total. The Bertz CT molecular complexity index is 228. The number of aliphatic hydroxyl groups excluding tert-OH is 2. The van der Waals surface area contributed by atoms with Crippen LogP contribution in [0.25, 0.3) is 0 Å². The Kier molecular flexibility index (Phi) is 9.10. The third kappa shape index (κ3) is 10.5. The van der Waals surface area contributed by atoms with Crippen LogP contribution >= 0.6 is 0 Å². The molecule has 0 amide bonds. The lowest BCUT2D eigenvalue weighted by molar-refractivity contribution is -0.122. The molecule has 0 aromatic heterocycles.